The van der Waals surface area contributed by atoms with Gasteiger partial charge >= 0.3 is 0 Å². The number of nitrogens with zero attached hydrogens (tertiary/aromatic N) is 5. The second kappa shape index (κ2) is 9.25. The third-order valence-electron chi connectivity index (χ3n) is 5.01. The Balaban J connectivity index is 1.20. The summed E-state index contributed by atoms with van der Waals surface area (Å²) in [6.07, 6.45) is 8.48. The van der Waals surface area contributed by atoms with Crippen LogP contribution in [-0.2, 0) is 6.42 Å². The SMILES string of the molecule is N[N+]12C=C(C#CCOc3ccc(Cc4c(Cl)cncc4Cl)cc3)N=CC1=NC(c1ccco1)=N2. The molecule has 34 heavy (non-hydrogen) atoms. The largest absolute Gasteiger partial charge is 0.481 e. The third-order valence-corrected chi connectivity index (χ3v) is 5.66. The van der Waals surface area contributed by atoms with Crippen molar-refractivity contribution < 1.29 is 13.9 Å². The molecule has 0 spiro atoms. The molecule has 8 nitrogen and oxygen atoms in total. The Kier molecular flexibility index (Phi) is 6.01. The van der Waals surface area contributed by atoms with Crippen molar-refractivity contribution in [2.24, 2.45) is 20.9 Å². The molecule has 2 aliphatic rings. The third kappa shape index (κ3) is 4.64. The molecule has 0 aliphatic carbocycles. The number of furan rings is 1. The van der Waals surface area contributed by atoms with Crippen molar-refractivity contribution in [2.45, 2.75) is 6.42 Å². The number of quaternary nitrogens is 1. The first kappa shape index (κ1) is 22.1. The summed E-state index contributed by atoms with van der Waals surface area (Å²) in [6.45, 7) is 0.181. The molecule has 4 heterocycles. The van der Waals surface area contributed by atoms with Crippen LogP contribution in [0.15, 0.2) is 86.5 Å². The van der Waals surface area contributed by atoms with Crippen molar-refractivity contribution in [2.75, 3.05) is 6.61 Å². The minimum absolute atomic E-state index is 0.181. The molecular formula is C24H17Cl2N6O2+. The van der Waals surface area contributed by atoms with Gasteiger partial charge in [0.1, 0.15) is 18.6 Å². The van der Waals surface area contributed by atoms with Gasteiger partial charge in [-0.05, 0) is 51.1 Å². The van der Waals surface area contributed by atoms with Gasteiger partial charge in [-0.15, -0.1) is 5.84 Å². The fourth-order valence-electron chi connectivity index (χ4n) is 3.32. The molecule has 10 heteroatoms. The van der Waals surface area contributed by atoms with Gasteiger partial charge in [-0.3, -0.25) is 4.98 Å². The van der Waals surface area contributed by atoms with E-state index in [1.54, 1.807) is 43.2 Å². The number of allylic oxidation sites excluding steroid dienone is 1. The van der Waals surface area contributed by atoms with E-state index in [2.05, 4.69) is 31.9 Å². The molecule has 2 aliphatic heterocycles. The van der Waals surface area contributed by atoms with Crippen LogP contribution in [0.5, 0.6) is 5.75 Å². The minimum atomic E-state index is -0.364. The highest BCUT2D eigenvalue weighted by Gasteiger charge is 2.39. The number of nitrogens with two attached hydrogens (primary N) is 1. The Morgan fingerprint density at radius 3 is 2.62 bits per heavy atom. The van der Waals surface area contributed by atoms with Gasteiger partial charge < -0.3 is 9.15 Å². The fraction of sp³-hybridized carbons (Fsp3) is 0.0833. The normalized spacial score (nSPS) is 18.4. The summed E-state index contributed by atoms with van der Waals surface area (Å²) in [4.78, 5) is 12.6. The number of amidine groups is 2. The average Bonchev–Trinajstić information content (AvgIpc) is 3.47. The van der Waals surface area contributed by atoms with Gasteiger partial charge in [0, 0.05) is 18.8 Å². The van der Waals surface area contributed by atoms with Crippen LogP contribution < -0.4 is 10.6 Å². The summed E-state index contributed by atoms with van der Waals surface area (Å²) < 4.78 is 10.7. The lowest BCUT2D eigenvalue weighted by Gasteiger charge is -2.17. The Hall–Kier alpha value is -3.74. The van der Waals surface area contributed by atoms with Crippen molar-refractivity contribution in [1.29, 1.82) is 0 Å². The molecule has 0 saturated heterocycles. The molecule has 3 aromatic rings. The standard InChI is InChI=1S/C24H17Cl2N6O2/c25-20-12-28-13-21(26)19(20)11-16-5-7-18(8-6-16)33-9-1-3-17-15-32(27)23(14-29-17)30-24(31-32)22-4-2-10-34-22/h2,4-8,10,12-15H,9,11,27H2/q+1. The molecule has 0 fully saturated rings. The van der Waals surface area contributed by atoms with Crippen LogP contribution in [0, 0.1) is 11.8 Å². The van der Waals surface area contributed by atoms with E-state index < -0.39 is 0 Å². The second-order valence-corrected chi connectivity index (χ2v) is 8.19. The van der Waals surface area contributed by atoms with Crippen molar-refractivity contribution in [3.63, 3.8) is 0 Å². The number of rotatable bonds is 5. The lowest BCUT2D eigenvalue weighted by atomic mass is 10.1. The number of hydrogen-bond acceptors (Lipinski definition) is 7. The zero-order valence-electron chi connectivity index (χ0n) is 17.7. The zero-order valence-corrected chi connectivity index (χ0v) is 19.2. The maximum atomic E-state index is 6.33. The maximum absolute atomic E-state index is 6.33. The summed E-state index contributed by atoms with van der Waals surface area (Å²) >= 11 is 12.4. The molecule has 0 radical (unpaired) electrons. The highest BCUT2D eigenvalue weighted by atomic mass is 35.5. The van der Waals surface area contributed by atoms with E-state index in [0.29, 0.717) is 45.3 Å². The molecule has 1 atom stereocenters. The van der Waals surface area contributed by atoms with Gasteiger partial charge in [-0.2, -0.15) is 4.99 Å². The molecule has 2 N–H and O–H groups in total. The number of pyridine rings is 1. The quantitative estimate of drug-likeness (QED) is 0.325. The fourth-order valence-corrected chi connectivity index (χ4v) is 3.82. The van der Waals surface area contributed by atoms with Crippen LogP contribution in [0.4, 0.5) is 0 Å². The van der Waals surface area contributed by atoms with Crippen LogP contribution >= 0.6 is 23.2 Å². The van der Waals surface area contributed by atoms with Crippen LogP contribution in [0.25, 0.3) is 0 Å². The second-order valence-electron chi connectivity index (χ2n) is 7.37. The molecule has 1 unspecified atom stereocenters. The van der Waals surface area contributed by atoms with Crippen LogP contribution in [0.1, 0.15) is 16.9 Å². The number of benzene rings is 1. The van der Waals surface area contributed by atoms with E-state index in [4.69, 9.17) is 38.2 Å². The lowest BCUT2D eigenvalue weighted by Crippen LogP contribution is -2.50. The van der Waals surface area contributed by atoms with Gasteiger partial charge in [-0.1, -0.05) is 41.3 Å². The van der Waals surface area contributed by atoms with Crippen LogP contribution in [0.3, 0.4) is 0 Å². The van der Waals surface area contributed by atoms with Crippen LogP contribution in [-0.4, -0.2) is 34.2 Å². The number of aromatic nitrogens is 1. The smallest absolute Gasteiger partial charge is 0.300 e. The molecule has 0 bridgehead atoms. The number of hydrogen-bond donors (Lipinski definition) is 1. The topological polar surface area (TPSA) is 98.4 Å². The molecule has 1 aromatic carbocycles. The molecule has 0 amide bonds. The Morgan fingerprint density at radius 2 is 1.88 bits per heavy atom. The Labute approximate surface area is 205 Å². The van der Waals surface area contributed by atoms with E-state index in [1.807, 2.05) is 24.3 Å². The molecule has 2 aromatic heterocycles. The zero-order chi connectivity index (χ0) is 23.5. The first-order valence-electron chi connectivity index (χ1n) is 10.2. The van der Waals surface area contributed by atoms with E-state index in [-0.39, 0.29) is 11.3 Å². The summed E-state index contributed by atoms with van der Waals surface area (Å²) in [5.41, 5.74) is 2.35. The van der Waals surface area contributed by atoms with Gasteiger partial charge in [0.15, 0.2) is 17.7 Å². The van der Waals surface area contributed by atoms with Gasteiger partial charge in [0.2, 0.25) is 0 Å². The Morgan fingerprint density at radius 1 is 1.09 bits per heavy atom. The maximum Gasteiger partial charge on any atom is 0.300 e. The van der Waals surface area contributed by atoms with E-state index in [1.165, 1.54) is 0 Å². The Bertz CT molecular complexity index is 1400. The van der Waals surface area contributed by atoms with Crippen molar-refractivity contribution in [3.8, 4) is 17.6 Å². The highest BCUT2D eigenvalue weighted by molar-refractivity contribution is 6.35. The van der Waals surface area contributed by atoms with Crippen molar-refractivity contribution in [1.82, 2.24) is 4.98 Å². The predicted octanol–water partition coefficient (Wildman–Crippen LogP) is 4.34. The van der Waals surface area contributed by atoms with E-state index >= 15 is 0 Å². The summed E-state index contributed by atoms with van der Waals surface area (Å²) in [7, 11) is 0. The summed E-state index contributed by atoms with van der Waals surface area (Å²) in [6, 6.07) is 11.2. The molecule has 5 rings (SSSR count). The average molecular weight is 492 g/mol. The first-order chi connectivity index (χ1) is 16.5. The van der Waals surface area contributed by atoms with E-state index in [0.717, 1.165) is 11.1 Å². The van der Waals surface area contributed by atoms with Crippen LogP contribution in [0.2, 0.25) is 10.0 Å². The summed E-state index contributed by atoms with van der Waals surface area (Å²) in [5.74, 6) is 14.3. The van der Waals surface area contributed by atoms with Gasteiger partial charge in [0.05, 0.1) is 16.3 Å². The number of fused-ring (bicyclic) bond motifs is 1. The van der Waals surface area contributed by atoms with Crippen molar-refractivity contribution in [3.05, 3.63) is 93.9 Å². The lowest BCUT2D eigenvalue weighted by molar-refractivity contribution is -0.803. The van der Waals surface area contributed by atoms with Crippen molar-refractivity contribution >= 4 is 41.1 Å². The van der Waals surface area contributed by atoms with Gasteiger partial charge in [0.25, 0.3) is 11.7 Å². The van der Waals surface area contributed by atoms with E-state index in [9.17, 15) is 0 Å². The predicted molar refractivity (Wildman–Crippen MR) is 130 cm³/mol. The number of aliphatic imine (C=N–C) groups is 2. The van der Waals surface area contributed by atoms with Gasteiger partial charge in [-0.25, -0.2) is 4.99 Å². The minimum Gasteiger partial charge on any atom is -0.481 e. The number of halogens is 2. The monoisotopic (exact) mass is 491 g/mol. The highest BCUT2D eigenvalue weighted by Crippen LogP contribution is 2.26. The number of ether oxygens (including phenoxy) is 1. The molecule has 0 saturated carbocycles. The first-order valence-corrected chi connectivity index (χ1v) is 10.9. The summed E-state index contributed by atoms with van der Waals surface area (Å²) in [5, 5.41) is 5.49. The molecular weight excluding hydrogens is 475 g/mol. The molecule has 168 valence electrons.